The molecule has 0 radical (unpaired) electrons. The average Bonchev–Trinajstić information content (AvgIpc) is 2.38. The number of carbonyl (C=O) groups excluding carboxylic acids is 1. The SMILES string of the molecule is CCOC(=O)c1cc(N)cnc1N(C)C(C)(C)CC. The van der Waals surface area contributed by atoms with Crippen LogP contribution >= 0.6 is 0 Å². The van der Waals surface area contributed by atoms with Crippen LogP contribution in [0.5, 0.6) is 0 Å². The number of carbonyl (C=O) groups is 1. The summed E-state index contributed by atoms with van der Waals surface area (Å²) in [5, 5.41) is 0. The number of esters is 1. The van der Waals surface area contributed by atoms with E-state index in [4.69, 9.17) is 10.5 Å². The Hall–Kier alpha value is -1.78. The monoisotopic (exact) mass is 265 g/mol. The number of hydrogen-bond donors (Lipinski definition) is 1. The largest absolute Gasteiger partial charge is 0.462 e. The van der Waals surface area contributed by atoms with Crippen molar-refractivity contribution in [2.75, 3.05) is 24.3 Å². The summed E-state index contributed by atoms with van der Waals surface area (Å²) < 4.78 is 5.06. The zero-order valence-corrected chi connectivity index (χ0v) is 12.4. The molecule has 1 aromatic heterocycles. The van der Waals surface area contributed by atoms with Crippen molar-refractivity contribution in [1.29, 1.82) is 0 Å². The summed E-state index contributed by atoms with van der Waals surface area (Å²) in [6.07, 6.45) is 2.48. The Kier molecular flexibility index (Phi) is 4.75. The van der Waals surface area contributed by atoms with Crippen molar-refractivity contribution in [3.8, 4) is 0 Å². The zero-order valence-electron chi connectivity index (χ0n) is 12.4. The Morgan fingerprint density at radius 1 is 1.47 bits per heavy atom. The fourth-order valence-corrected chi connectivity index (χ4v) is 1.62. The first-order valence-corrected chi connectivity index (χ1v) is 6.50. The molecule has 0 saturated carbocycles. The molecule has 2 N–H and O–H groups in total. The number of hydrogen-bond acceptors (Lipinski definition) is 5. The van der Waals surface area contributed by atoms with Crippen LogP contribution in [0, 0.1) is 0 Å². The van der Waals surface area contributed by atoms with Crippen molar-refractivity contribution in [3.05, 3.63) is 17.8 Å². The Balaban J connectivity index is 3.24. The summed E-state index contributed by atoms with van der Waals surface area (Å²) >= 11 is 0. The maximum absolute atomic E-state index is 12.0. The quantitative estimate of drug-likeness (QED) is 0.828. The summed E-state index contributed by atoms with van der Waals surface area (Å²) in [5.41, 5.74) is 6.47. The highest BCUT2D eigenvalue weighted by Crippen LogP contribution is 2.27. The van der Waals surface area contributed by atoms with Crippen LogP contribution in [0.2, 0.25) is 0 Å². The Morgan fingerprint density at radius 2 is 2.11 bits per heavy atom. The van der Waals surface area contributed by atoms with Crippen molar-refractivity contribution in [2.45, 2.75) is 39.7 Å². The summed E-state index contributed by atoms with van der Waals surface area (Å²) in [6, 6.07) is 1.61. The van der Waals surface area contributed by atoms with E-state index in [1.165, 1.54) is 0 Å². The standard InChI is InChI=1S/C14H23N3O2/c1-6-14(3,4)17(5)12-11(13(18)19-7-2)8-10(15)9-16-12/h8-9H,6-7,15H2,1-5H3. The number of anilines is 2. The molecule has 5 heteroatoms. The molecule has 0 unspecified atom stereocenters. The lowest BCUT2D eigenvalue weighted by Gasteiger charge is -2.36. The van der Waals surface area contributed by atoms with Gasteiger partial charge in [0.25, 0.3) is 0 Å². The molecule has 0 bridgehead atoms. The van der Waals surface area contributed by atoms with Crippen LogP contribution in [0.15, 0.2) is 12.3 Å². The Morgan fingerprint density at radius 3 is 2.63 bits per heavy atom. The zero-order chi connectivity index (χ0) is 14.6. The van der Waals surface area contributed by atoms with Gasteiger partial charge < -0.3 is 15.4 Å². The Bertz CT molecular complexity index is 458. The van der Waals surface area contributed by atoms with Gasteiger partial charge in [-0.3, -0.25) is 0 Å². The van der Waals surface area contributed by atoms with Crippen molar-refractivity contribution in [1.82, 2.24) is 4.98 Å². The van der Waals surface area contributed by atoms with Crippen LogP contribution in [-0.4, -0.2) is 30.1 Å². The highest BCUT2D eigenvalue weighted by atomic mass is 16.5. The lowest BCUT2D eigenvalue weighted by atomic mass is 9.99. The Labute approximate surface area is 114 Å². The van der Waals surface area contributed by atoms with E-state index in [1.54, 1.807) is 19.2 Å². The van der Waals surface area contributed by atoms with E-state index in [-0.39, 0.29) is 5.54 Å². The van der Waals surface area contributed by atoms with E-state index in [0.29, 0.717) is 23.7 Å². The fraction of sp³-hybridized carbons (Fsp3) is 0.571. The second kappa shape index (κ2) is 5.91. The van der Waals surface area contributed by atoms with Gasteiger partial charge in [-0.2, -0.15) is 0 Å². The van der Waals surface area contributed by atoms with Gasteiger partial charge in [0.2, 0.25) is 0 Å². The van der Waals surface area contributed by atoms with Crippen LogP contribution in [-0.2, 0) is 4.74 Å². The molecule has 0 aliphatic carbocycles. The maximum Gasteiger partial charge on any atom is 0.341 e. The number of ether oxygens (including phenoxy) is 1. The third-order valence-corrected chi connectivity index (χ3v) is 3.47. The first kappa shape index (κ1) is 15.3. The van der Waals surface area contributed by atoms with Crippen molar-refractivity contribution in [3.63, 3.8) is 0 Å². The van der Waals surface area contributed by atoms with Gasteiger partial charge in [0.05, 0.1) is 18.5 Å². The van der Waals surface area contributed by atoms with E-state index in [0.717, 1.165) is 6.42 Å². The molecular weight excluding hydrogens is 242 g/mol. The highest BCUT2D eigenvalue weighted by Gasteiger charge is 2.27. The van der Waals surface area contributed by atoms with Crippen LogP contribution in [0.4, 0.5) is 11.5 Å². The number of nitrogen functional groups attached to an aromatic ring is 1. The van der Waals surface area contributed by atoms with Crippen LogP contribution < -0.4 is 10.6 Å². The molecule has 1 heterocycles. The minimum Gasteiger partial charge on any atom is -0.462 e. The number of pyridine rings is 1. The molecule has 0 amide bonds. The van der Waals surface area contributed by atoms with E-state index >= 15 is 0 Å². The van der Waals surface area contributed by atoms with Crippen molar-refractivity contribution in [2.24, 2.45) is 0 Å². The molecule has 0 fully saturated rings. The van der Waals surface area contributed by atoms with Crippen molar-refractivity contribution < 1.29 is 9.53 Å². The molecule has 0 aliphatic heterocycles. The molecule has 1 aromatic rings. The number of nitrogens with zero attached hydrogens (tertiary/aromatic N) is 2. The molecule has 106 valence electrons. The number of aromatic nitrogens is 1. The van der Waals surface area contributed by atoms with Gasteiger partial charge in [0.1, 0.15) is 11.4 Å². The minimum absolute atomic E-state index is 0.107. The summed E-state index contributed by atoms with van der Waals surface area (Å²) in [4.78, 5) is 18.3. The topological polar surface area (TPSA) is 68.5 Å². The molecule has 0 atom stereocenters. The van der Waals surface area contributed by atoms with E-state index in [9.17, 15) is 4.79 Å². The molecule has 0 aromatic carbocycles. The average molecular weight is 265 g/mol. The van der Waals surface area contributed by atoms with Gasteiger partial charge in [-0.05, 0) is 33.3 Å². The van der Waals surface area contributed by atoms with Crippen molar-refractivity contribution >= 4 is 17.5 Å². The first-order chi connectivity index (χ1) is 8.83. The summed E-state index contributed by atoms with van der Waals surface area (Å²) in [5.74, 6) is 0.204. The second-order valence-corrected chi connectivity index (χ2v) is 5.09. The van der Waals surface area contributed by atoms with Gasteiger partial charge in [0.15, 0.2) is 0 Å². The van der Waals surface area contributed by atoms with E-state index in [1.807, 2.05) is 11.9 Å². The lowest BCUT2D eigenvalue weighted by molar-refractivity contribution is 0.0526. The molecular formula is C14H23N3O2. The van der Waals surface area contributed by atoms with Crippen LogP contribution in [0.1, 0.15) is 44.5 Å². The summed E-state index contributed by atoms with van der Waals surface area (Å²) in [7, 11) is 1.92. The maximum atomic E-state index is 12.0. The number of rotatable bonds is 5. The predicted molar refractivity (Wildman–Crippen MR) is 77.4 cm³/mol. The van der Waals surface area contributed by atoms with Gasteiger partial charge >= 0.3 is 5.97 Å². The highest BCUT2D eigenvalue weighted by molar-refractivity contribution is 5.95. The minimum atomic E-state index is -0.393. The smallest absolute Gasteiger partial charge is 0.341 e. The molecule has 0 aliphatic rings. The molecule has 5 nitrogen and oxygen atoms in total. The molecule has 0 saturated heterocycles. The fourth-order valence-electron chi connectivity index (χ4n) is 1.62. The number of nitrogens with two attached hydrogens (primary N) is 1. The third-order valence-electron chi connectivity index (χ3n) is 3.47. The lowest BCUT2D eigenvalue weighted by Crippen LogP contribution is -2.42. The van der Waals surface area contributed by atoms with Gasteiger partial charge in [-0.15, -0.1) is 0 Å². The van der Waals surface area contributed by atoms with E-state index < -0.39 is 5.97 Å². The molecule has 19 heavy (non-hydrogen) atoms. The van der Waals surface area contributed by atoms with Gasteiger partial charge in [-0.25, -0.2) is 9.78 Å². The molecule has 1 rings (SSSR count). The molecule has 0 spiro atoms. The first-order valence-electron chi connectivity index (χ1n) is 6.50. The summed E-state index contributed by atoms with van der Waals surface area (Å²) in [6.45, 7) is 8.39. The van der Waals surface area contributed by atoms with E-state index in [2.05, 4.69) is 25.8 Å². The third kappa shape index (κ3) is 3.36. The predicted octanol–water partition coefficient (Wildman–Crippen LogP) is 2.47. The van der Waals surface area contributed by atoms with Crippen LogP contribution in [0.25, 0.3) is 0 Å². The normalized spacial score (nSPS) is 11.2. The van der Waals surface area contributed by atoms with Gasteiger partial charge in [-0.1, -0.05) is 6.92 Å². The second-order valence-electron chi connectivity index (χ2n) is 5.09. The van der Waals surface area contributed by atoms with Gasteiger partial charge in [0, 0.05) is 12.6 Å². The van der Waals surface area contributed by atoms with Crippen LogP contribution in [0.3, 0.4) is 0 Å².